The molecule has 0 spiro atoms. The molecule has 0 unspecified atom stereocenters. The molecule has 1 radical (unpaired) electrons. The zero-order valence-electron chi connectivity index (χ0n) is 6.25. The van der Waals surface area contributed by atoms with E-state index in [1.54, 1.807) is 0 Å². The maximum atomic E-state index is 0. The number of hydrogen-bond donors (Lipinski definition) is 0. The molecule has 0 amide bonds. The molecule has 6 heteroatoms. The third kappa shape index (κ3) is 26.8. The van der Waals surface area contributed by atoms with Crippen LogP contribution in [-0.4, -0.2) is 28.5 Å². The molecular formula is H5FeMgMnNaNiO. The van der Waals surface area contributed by atoms with Gasteiger partial charge in [0.2, 0.25) is 0 Å². The minimum atomic E-state index is 0. The fraction of sp³-hybridized carbons (Fsp3) is 0. The minimum absolute atomic E-state index is 0. The normalized spacial score (nSPS) is 0. The summed E-state index contributed by atoms with van der Waals surface area (Å²) in [7, 11) is 0. The molecule has 0 heterocycles. The standard InChI is InChI=1S/Fe.Mg.Mn.Na.Ni.H2O.3H/h;;;;;1H2;;;/q;+2;;+1;;;3*-1. The molecule has 6 heavy (non-hydrogen) atoms. The smallest absolute Gasteiger partial charge is 1.00 e. The van der Waals surface area contributed by atoms with Gasteiger partial charge in [0.1, 0.15) is 0 Å². The number of rotatable bonds is 0. The molecule has 1 nitrogen and oxygen atoms in total. The summed E-state index contributed by atoms with van der Waals surface area (Å²) in [5.41, 5.74) is 0. The van der Waals surface area contributed by atoms with Gasteiger partial charge in [-0.15, -0.1) is 0 Å². The van der Waals surface area contributed by atoms with Gasteiger partial charge in [0.15, 0.2) is 0 Å². The van der Waals surface area contributed by atoms with Gasteiger partial charge < -0.3 is 9.76 Å². The minimum Gasteiger partial charge on any atom is -1.00 e. The molecule has 0 aromatic carbocycles. The summed E-state index contributed by atoms with van der Waals surface area (Å²) in [6, 6.07) is 0. The van der Waals surface area contributed by atoms with Crippen LogP contribution in [0, 0.1) is 0 Å². The van der Waals surface area contributed by atoms with Crippen molar-refractivity contribution in [1.82, 2.24) is 0 Å². The zero-order valence-corrected chi connectivity index (χ0v) is 9.94. The molecule has 0 fully saturated rings. The van der Waals surface area contributed by atoms with E-state index in [9.17, 15) is 0 Å². The summed E-state index contributed by atoms with van der Waals surface area (Å²) < 4.78 is 0. The second kappa shape index (κ2) is 41.0. The SMILES string of the molecule is O.[Fe].[H-].[H-].[H-].[Mg+2].[Mn].[Na+].[Ni]. The van der Waals surface area contributed by atoms with Crippen molar-refractivity contribution in [3.05, 3.63) is 0 Å². The van der Waals surface area contributed by atoms with E-state index in [-0.39, 0.29) is 113 Å². The molecule has 39 valence electrons. The third-order valence-corrected chi connectivity index (χ3v) is 0. The van der Waals surface area contributed by atoms with Crippen molar-refractivity contribution in [2.45, 2.75) is 0 Å². The van der Waals surface area contributed by atoms with Gasteiger partial charge in [0.05, 0.1) is 0 Å². The van der Waals surface area contributed by atoms with Crippen LogP contribution in [0.1, 0.15) is 4.28 Å². The Morgan fingerprint density at radius 3 is 1.17 bits per heavy atom. The predicted octanol–water partition coefficient (Wildman–Crippen LogP) is -3.87. The van der Waals surface area contributed by atoms with Crippen molar-refractivity contribution >= 4 is 23.1 Å². The first-order chi connectivity index (χ1) is 0. The first-order valence-electron chi connectivity index (χ1n) is 0. The molecule has 0 aliphatic carbocycles. The molecule has 0 bridgehead atoms. The van der Waals surface area contributed by atoms with Crippen molar-refractivity contribution in [1.29, 1.82) is 0 Å². The summed E-state index contributed by atoms with van der Waals surface area (Å²) in [5.74, 6) is 0. The summed E-state index contributed by atoms with van der Waals surface area (Å²) in [5, 5.41) is 0. The summed E-state index contributed by atoms with van der Waals surface area (Å²) in [6.45, 7) is 0. The summed E-state index contributed by atoms with van der Waals surface area (Å²) in [4.78, 5) is 0. The van der Waals surface area contributed by atoms with Gasteiger partial charge in [0, 0.05) is 50.6 Å². The Morgan fingerprint density at radius 1 is 1.17 bits per heavy atom. The van der Waals surface area contributed by atoms with Crippen molar-refractivity contribution in [2.24, 2.45) is 0 Å². The molecule has 0 aliphatic rings. The second-order valence-corrected chi connectivity index (χ2v) is 0. The van der Waals surface area contributed by atoms with Gasteiger partial charge in [-0.3, -0.25) is 0 Å². The van der Waals surface area contributed by atoms with Crippen LogP contribution >= 0.6 is 0 Å². The summed E-state index contributed by atoms with van der Waals surface area (Å²) in [6.07, 6.45) is 0. The quantitative estimate of drug-likeness (QED) is 0.387. The monoisotopic (exact) mass is 237 g/mol. The average molecular weight is 238 g/mol. The Morgan fingerprint density at radius 2 is 1.17 bits per heavy atom. The van der Waals surface area contributed by atoms with Crippen molar-refractivity contribution in [3.8, 4) is 0 Å². The maximum absolute atomic E-state index is 0. The van der Waals surface area contributed by atoms with E-state index in [4.69, 9.17) is 0 Å². The van der Waals surface area contributed by atoms with Crippen LogP contribution < -0.4 is 29.6 Å². The molecule has 0 aromatic rings. The Bertz CT molecular complexity index is 23.8. The van der Waals surface area contributed by atoms with Crippen LogP contribution in [0.2, 0.25) is 0 Å². The van der Waals surface area contributed by atoms with Crippen molar-refractivity contribution in [2.75, 3.05) is 0 Å². The molecule has 0 aromatic heterocycles. The Kier molecular flexibility index (Phi) is 406. The third-order valence-electron chi connectivity index (χ3n) is 0. The van der Waals surface area contributed by atoms with E-state index >= 15 is 0 Å². The maximum Gasteiger partial charge on any atom is 2.00 e. The molecule has 0 rings (SSSR count). The number of hydrogen-bond acceptors (Lipinski definition) is 0. The predicted molar refractivity (Wildman–Crippen MR) is 12.7 cm³/mol. The van der Waals surface area contributed by atoms with Gasteiger partial charge in [-0.25, -0.2) is 0 Å². The topological polar surface area (TPSA) is 31.5 Å². The van der Waals surface area contributed by atoms with Gasteiger partial charge in [0.25, 0.3) is 0 Å². The van der Waals surface area contributed by atoms with Crippen molar-refractivity contribution in [3.63, 3.8) is 0 Å². The first-order valence-corrected chi connectivity index (χ1v) is 0. The largest absolute Gasteiger partial charge is 2.00 e. The van der Waals surface area contributed by atoms with Gasteiger partial charge in [-0.2, -0.15) is 0 Å². The van der Waals surface area contributed by atoms with Gasteiger partial charge >= 0.3 is 52.6 Å². The van der Waals surface area contributed by atoms with Crippen LogP contribution in [0.4, 0.5) is 0 Å². The van der Waals surface area contributed by atoms with Crippen LogP contribution in [-0.2, 0) is 50.6 Å². The Labute approximate surface area is 111 Å². The fourth-order valence-corrected chi connectivity index (χ4v) is 0. The Hall–Kier alpha value is 3.26. The molecular weight excluding hydrogens is 233 g/mol. The zero-order chi connectivity index (χ0) is 0. The molecule has 0 saturated heterocycles. The van der Waals surface area contributed by atoms with Gasteiger partial charge in [-0.05, 0) is 0 Å². The van der Waals surface area contributed by atoms with E-state index in [2.05, 4.69) is 0 Å². The van der Waals surface area contributed by atoms with Crippen LogP contribution in [0.5, 0.6) is 0 Å². The average Bonchev–Trinajstić information content (AvgIpc) is 0. The van der Waals surface area contributed by atoms with E-state index in [1.807, 2.05) is 0 Å². The Balaban J connectivity index is 0. The van der Waals surface area contributed by atoms with E-state index in [0.29, 0.717) is 0 Å². The molecule has 0 aliphatic heterocycles. The molecule has 0 saturated carbocycles. The summed E-state index contributed by atoms with van der Waals surface area (Å²) >= 11 is 0. The second-order valence-electron chi connectivity index (χ2n) is 0. The van der Waals surface area contributed by atoms with Gasteiger partial charge in [-0.1, -0.05) is 0 Å². The van der Waals surface area contributed by atoms with Crippen molar-refractivity contribution < 1.29 is 89.9 Å². The van der Waals surface area contributed by atoms with E-state index < -0.39 is 0 Å². The van der Waals surface area contributed by atoms with E-state index in [0.717, 1.165) is 0 Å². The van der Waals surface area contributed by atoms with Crippen LogP contribution in [0.15, 0.2) is 0 Å². The molecule has 0 atom stereocenters. The molecule has 2 N–H and O–H groups in total. The fourth-order valence-electron chi connectivity index (χ4n) is 0. The van der Waals surface area contributed by atoms with Crippen LogP contribution in [0.3, 0.4) is 0 Å². The van der Waals surface area contributed by atoms with Crippen LogP contribution in [0.25, 0.3) is 0 Å². The van der Waals surface area contributed by atoms with E-state index in [1.165, 1.54) is 0 Å². The first kappa shape index (κ1) is 59.5.